The van der Waals surface area contributed by atoms with Gasteiger partial charge in [-0.2, -0.15) is 0 Å². The molecule has 0 atom stereocenters. The summed E-state index contributed by atoms with van der Waals surface area (Å²) in [5, 5.41) is 0. The molecular formula is C8H12Br2O2. The first-order valence-corrected chi connectivity index (χ1v) is 5.56. The van der Waals surface area contributed by atoms with Crippen LogP contribution in [0.3, 0.4) is 0 Å². The van der Waals surface area contributed by atoms with Gasteiger partial charge in [0.05, 0.1) is 12.2 Å². The number of rotatable bonds is 5. The molecule has 0 saturated heterocycles. The molecule has 0 N–H and O–H groups in total. The van der Waals surface area contributed by atoms with Crippen LogP contribution in [0.25, 0.3) is 0 Å². The van der Waals surface area contributed by atoms with E-state index in [-0.39, 0.29) is 9.71 Å². The molecule has 0 aliphatic carbocycles. The molecule has 0 amide bonds. The van der Waals surface area contributed by atoms with E-state index in [0.29, 0.717) is 12.2 Å². The molecule has 0 bridgehead atoms. The smallest absolute Gasteiger partial charge is 0.335 e. The number of halogens is 2. The van der Waals surface area contributed by atoms with Crippen LogP contribution in [0.1, 0.15) is 19.8 Å². The molecule has 2 nitrogen and oxygen atoms in total. The van der Waals surface area contributed by atoms with Gasteiger partial charge in [0.25, 0.3) is 0 Å². The summed E-state index contributed by atoms with van der Waals surface area (Å²) in [5.74, 6) is -0.345. The highest BCUT2D eigenvalue weighted by Crippen LogP contribution is 2.18. The quantitative estimate of drug-likeness (QED) is 0.338. The second-order valence-electron chi connectivity index (χ2n) is 2.32. The number of carbonyl (C=O) groups is 1. The molecule has 0 rings (SSSR count). The fourth-order valence-electron chi connectivity index (χ4n) is 0.491. The average molecular weight is 300 g/mol. The van der Waals surface area contributed by atoms with E-state index in [1.807, 2.05) is 6.92 Å². The molecule has 4 heteroatoms. The largest absolute Gasteiger partial charge is 0.462 e. The normalized spacial score (nSPS) is 10.0. The van der Waals surface area contributed by atoms with Gasteiger partial charge in [0.2, 0.25) is 0 Å². The van der Waals surface area contributed by atoms with E-state index in [9.17, 15) is 4.79 Å². The van der Waals surface area contributed by atoms with Gasteiger partial charge in [0.15, 0.2) is 0 Å². The van der Waals surface area contributed by atoms with Crippen molar-refractivity contribution in [2.45, 2.75) is 23.5 Å². The fourth-order valence-corrected chi connectivity index (χ4v) is 0.865. The lowest BCUT2D eigenvalue weighted by Crippen LogP contribution is -2.11. The summed E-state index contributed by atoms with van der Waals surface area (Å²) < 4.78 is 4.71. The summed E-state index contributed by atoms with van der Waals surface area (Å²) >= 11 is 6.33. The van der Waals surface area contributed by atoms with Crippen molar-refractivity contribution in [3.8, 4) is 0 Å². The van der Waals surface area contributed by atoms with Gasteiger partial charge < -0.3 is 4.74 Å². The van der Waals surface area contributed by atoms with Gasteiger partial charge >= 0.3 is 5.97 Å². The van der Waals surface area contributed by atoms with Crippen LogP contribution >= 0.6 is 31.9 Å². The fraction of sp³-hybridized carbons (Fsp3) is 0.625. The van der Waals surface area contributed by atoms with E-state index >= 15 is 0 Å². The van der Waals surface area contributed by atoms with E-state index < -0.39 is 0 Å². The molecule has 0 aromatic rings. The molecule has 0 aliphatic rings. The monoisotopic (exact) mass is 298 g/mol. The predicted molar refractivity (Wildman–Crippen MR) is 56.6 cm³/mol. The number of alkyl halides is 2. The van der Waals surface area contributed by atoms with Gasteiger partial charge in [0.1, 0.15) is 3.74 Å². The second-order valence-corrected chi connectivity index (χ2v) is 5.38. The summed E-state index contributed by atoms with van der Waals surface area (Å²) in [5.41, 5.74) is 0.395. The van der Waals surface area contributed by atoms with Gasteiger partial charge in [-0.25, -0.2) is 4.79 Å². The zero-order chi connectivity index (χ0) is 9.56. The van der Waals surface area contributed by atoms with Crippen molar-refractivity contribution in [3.63, 3.8) is 0 Å². The Morgan fingerprint density at radius 2 is 2.17 bits per heavy atom. The van der Waals surface area contributed by atoms with Crippen molar-refractivity contribution in [1.29, 1.82) is 0 Å². The number of ether oxygens (including phenoxy) is 1. The number of esters is 1. The Labute approximate surface area is 89.6 Å². The first-order chi connectivity index (χ1) is 5.59. The Bertz CT molecular complexity index is 166. The van der Waals surface area contributed by atoms with Crippen LogP contribution < -0.4 is 0 Å². The standard InChI is InChI=1S/C8H12Br2O2/c1-3-4-5-12-8(11)6(2)7(9)10/h7H,2-5H2,1H3. The molecule has 0 aromatic heterocycles. The molecule has 0 fully saturated rings. The minimum atomic E-state index is -0.345. The highest BCUT2D eigenvalue weighted by molar-refractivity contribution is 9.24. The Balaban J connectivity index is 3.65. The summed E-state index contributed by atoms with van der Waals surface area (Å²) in [4.78, 5) is 11.1. The van der Waals surface area contributed by atoms with Crippen LogP contribution in [0.15, 0.2) is 12.2 Å². The molecule has 12 heavy (non-hydrogen) atoms. The Kier molecular flexibility index (Phi) is 6.76. The minimum Gasteiger partial charge on any atom is -0.462 e. The highest BCUT2D eigenvalue weighted by atomic mass is 79.9. The minimum absolute atomic E-state index is 0.195. The number of hydrogen-bond acceptors (Lipinski definition) is 2. The summed E-state index contributed by atoms with van der Waals surface area (Å²) in [6.45, 7) is 6.08. The summed E-state index contributed by atoms with van der Waals surface area (Å²) in [6, 6.07) is 0. The van der Waals surface area contributed by atoms with Crippen LogP contribution in [0.4, 0.5) is 0 Å². The van der Waals surface area contributed by atoms with Crippen LogP contribution in [0.2, 0.25) is 0 Å². The maximum atomic E-state index is 11.1. The lowest BCUT2D eigenvalue weighted by atomic mass is 10.3. The number of hydrogen-bond donors (Lipinski definition) is 0. The Morgan fingerprint density at radius 3 is 2.58 bits per heavy atom. The van der Waals surface area contributed by atoms with Crippen molar-refractivity contribution < 1.29 is 9.53 Å². The van der Waals surface area contributed by atoms with Gasteiger partial charge in [0, 0.05) is 0 Å². The van der Waals surface area contributed by atoms with Gasteiger partial charge in [-0.05, 0) is 6.42 Å². The van der Waals surface area contributed by atoms with Crippen molar-refractivity contribution in [3.05, 3.63) is 12.2 Å². The molecule has 0 spiro atoms. The maximum absolute atomic E-state index is 11.1. The zero-order valence-electron chi connectivity index (χ0n) is 6.98. The third-order valence-electron chi connectivity index (χ3n) is 1.26. The third-order valence-corrected chi connectivity index (χ3v) is 2.36. The third kappa shape index (κ3) is 4.93. The molecule has 0 aliphatic heterocycles. The highest BCUT2D eigenvalue weighted by Gasteiger charge is 2.13. The number of carbonyl (C=O) groups excluding carboxylic acids is 1. The first-order valence-electron chi connectivity index (χ1n) is 3.73. The molecule has 0 heterocycles. The topological polar surface area (TPSA) is 26.3 Å². The predicted octanol–water partition coefficient (Wildman–Crippen LogP) is 3.00. The van der Waals surface area contributed by atoms with Gasteiger partial charge in [-0.1, -0.05) is 51.8 Å². The van der Waals surface area contributed by atoms with Gasteiger partial charge in [-0.15, -0.1) is 0 Å². The molecule has 0 saturated carbocycles. The average Bonchev–Trinajstić information content (AvgIpc) is 2.03. The van der Waals surface area contributed by atoms with Crippen LogP contribution in [-0.2, 0) is 9.53 Å². The van der Waals surface area contributed by atoms with Crippen LogP contribution in [0.5, 0.6) is 0 Å². The molecule has 70 valence electrons. The first kappa shape index (κ1) is 12.2. The Morgan fingerprint density at radius 1 is 1.58 bits per heavy atom. The van der Waals surface area contributed by atoms with Crippen molar-refractivity contribution in [2.75, 3.05) is 6.61 Å². The SMILES string of the molecule is C=C(C(=O)OCCCC)C(Br)Br. The second kappa shape index (κ2) is 6.66. The maximum Gasteiger partial charge on any atom is 0.335 e. The van der Waals surface area contributed by atoms with Crippen molar-refractivity contribution >= 4 is 37.8 Å². The van der Waals surface area contributed by atoms with E-state index in [0.717, 1.165) is 12.8 Å². The Hall–Kier alpha value is 0.170. The van der Waals surface area contributed by atoms with Crippen LogP contribution in [-0.4, -0.2) is 16.3 Å². The molecule has 0 unspecified atom stereocenters. The summed E-state index contributed by atoms with van der Waals surface area (Å²) in [6.07, 6.45) is 1.92. The zero-order valence-corrected chi connectivity index (χ0v) is 10.2. The van der Waals surface area contributed by atoms with E-state index in [4.69, 9.17) is 4.74 Å². The lowest BCUT2D eigenvalue weighted by molar-refractivity contribution is -0.139. The molecular weight excluding hydrogens is 288 g/mol. The molecule has 0 radical (unpaired) electrons. The van der Waals surface area contributed by atoms with E-state index in [1.54, 1.807) is 0 Å². The van der Waals surface area contributed by atoms with Crippen LogP contribution in [0, 0.1) is 0 Å². The van der Waals surface area contributed by atoms with Crippen molar-refractivity contribution in [1.82, 2.24) is 0 Å². The number of unbranched alkanes of at least 4 members (excludes halogenated alkanes) is 1. The van der Waals surface area contributed by atoms with Crippen molar-refractivity contribution in [2.24, 2.45) is 0 Å². The molecule has 0 aromatic carbocycles. The lowest BCUT2D eigenvalue weighted by Gasteiger charge is -2.06. The van der Waals surface area contributed by atoms with E-state index in [2.05, 4.69) is 38.4 Å². The summed E-state index contributed by atoms with van der Waals surface area (Å²) in [7, 11) is 0. The van der Waals surface area contributed by atoms with E-state index in [1.165, 1.54) is 0 Å². The van der Waals surface area contributed by atoms with Gasteiger partial charge in [-0.3, -0.25) is 0 Å².